The summed E-state index contributed by atoms with van der Waals surface area (Å²) in [5.74, 6) is 0.0538. The summed E-state index contributed by atoms with van der Waals surface area (Å²) in [5.41, 5.74) is 0.689. The van der Waals surface area contributed by atoms with Gasteiger partial charge in [-0.3, -0.25) is 0 Å². The van der Waals surface area contributed by atoms with Gasteiger partial charge < -0.3 is 0 Å². The third kappa shape index (κ3) is 1.93. The third-order valence-electron chi connectivity index (χ3n) is 2.95. The number of hydrogen-bond donors (Lipinski definition) is 0. The Kier molecular flexibility index (Phi) is 3.07. The second-order valence-electron chi connectivity index (χ2n) is 3.89. The van der Waals surface area contributed by atoms with Gasteiger partial charge in [0.1, 0.15) is 5.82 Å². The van der Waals surface area contributed by atoms with Crippen molar-refractivity contribution in [1.82, 2.24) is 0 Å². The molecule has 0 N–H and O–H groups in total. The molecule has 0 amide bonds. The molecule has 1 aromatic carbocycles. The molecule has 1 radical (unpaired) electrons. The molecule has 0 aliphatic heterocycles. The molecule has 1 aliphatic rings. The Labute approximate surface area is 89.1 Å². The summed E-state index contributed by atoms with van der Waals surface area (Å²) < 4.78 is 13.5. The standard InChI is InChI=1S/C12H13ClF/c13-10-7-4-8-11(14)12(10)9-5-2-1-3-6-9/h4,7,9H,1-3,5-6H2. The van der Waals surface area contributed by atoms with Gasteiger partial charge in [0, 0.05) is 16.7 Å². The molecule has 1 saturated carbocycles. The van der Waals surface area contributed by atoms with E-state index in [-0.39, 0.29) is 5.82 Å². The highest BCUT2D eigenvalue weighted by molar-refractivity contribution is 6.31. The van der Waals surface area contributed by atoms with Crippen LogP contribution in [0.2, 0.25) is 5.02 Å². The number of rotatable bonds is 1. The quantitative estimate of drug-likeness (QED) is 0.649. The van der Waals surface area contributed by atoms with Crippen molar-refractivity contribution in [2.45, 2.75) is 38.0 Å². The normalized spacial score (nSPS) is 18.4. The van der Waals surface area contributed by atoms with Gasteiger partial charge in [-0.2, -0.15) is 0 Å². The van der Waals surface area contributed by atoms with Crippen molar-refractivity contribution in [3.63, 3.8) is 0 Å². The highest BCUT2D eigenvalue weighted by Crippen LogP contribution is 2.37. The molecule has 14 heavy (non-hydrogen) atoms. The third-order valence-corrected chi connectivity index (χ3v) is 3.28. The lowest BCUT2D eigenvalue weighted by atomic mass is 9.84. The largest absolute Gasteiger partial charge is 0.206 e. The number of halogens is 2. The van der Waals surface area contributed by atoms with Gasteiger partial charge in [-0.1, -0.05) is 30.9 Å². The molecule has 0 nitrogen and oxygen atoms in total. The zero-order valence-electron chi connectivity index (χ0n) is 8.02. The van der Waals surface area contributed by atoms with Crippen LogP contribution in [0, 0.1) is 11.9 Å². The maximum Gasteiger partial charge on any atom is 0.136 e. The molecule has 1 aromatic rings. The number of hydrogen-bond acceptors (Lipinski definition) is 0. The maximum atomic E-state index is 13.5. The van der Waals surface area contributed by atoms with Crippen molar-refractivity contribution in [2.24, 2.45) is 0 Å². The fraction of sp³-hybridized carbons (Fsp3) is 0.500. The number of benzene rings is 1. The molecule has 1 fully saturated rings. The van der Waals surface area contributed by atoms with Crippen LogP contribution in [0.3, 0.4) is 0 Å². The summed E-state index contributed by atoms with van der Waals surface area (Å²) >= 11 is 6.00. The van der Waals surface area contributed by atoms with E-state index in [9.17, 15) is 4.39 Å². The molecule has 2 heteroatoms. The van der Waals surface area contributed by atoms with Crippen LogP contribution in [0.25, 0.3) is 0 Å². The van der Waals surface area contributed by atoms with Crippen molar-refractivity contribution < 1.29 is 4.39 Å². The molecule has 0 bridgehead atoms. The van der Waals surface area contributed by atoms with Crippen LogP contribution in [0.5, 0.6) is 0 Å². The van der Waals surface area contributed by atoms with E-state index in [1.807, 2.05) is 0 Å². The molecule has 0 unspecified atom stereocenters. The summed E-state index contributed by atoms with van der Waals surface area (Å²) in [7, 11) is 0. The first-order chi connectivity index (χ1) is 6.79. The van der Waals surface area contributed by atoms with Crippen molar-refractivity contribution >= 4 is 11.6 Å². The highest BCUT2D eigenvalue weighted by Gasteiger charge is 2.21. The summed E-state index contributed by atoms with van der Waals surface area (Å²) in [5, 5.41) is 0.563. The smallest absolute Gasteiger partial charge is 0.136 e. The van der Waals surface area contributed by atoms with E-state index >= 15 is 0 Å². The van der Waals surface area contributed by atoms with E-state index in [0.29, 0.717) is 16.5 Å². The van der Waals surface area contributed by atoms with Crippen molar-refractivity contribution in [1.29, 1.82) is 0 Å². The van der Waals surface area contributed by atoms with Gasteiger partial charge in [-0.05, 0) is 30.9 Å². The monoisotopic (exact) mass is 211 g/mol. The Bertz CT molecular complexity index is 296. The molecule has 1 aliphatic carbocycles. The molecule has 0 saturated heterocycles. The molecule has 0 spiro atoms. The predicted octanol–water partition coefficient (Wildman–Crippen LogP) is 4.33. The molecular weight excluding hydrogens is 199 g/mol. The minimum atomic E-state index is -0.260. The van der Waals surface area contributed by atoms with Gasteiger partial charge >= 0.3 is 0 Å². The van der Waals surface area contributed by atoms with Gasteiger partial charge in [0.2, 0.25) is 0 Å². The summed E-state index contributed by atoms with van der Waals surface area (Å²) in [6.45, 7) is 0. The maximum absolute atomic E-state index is 13.5. The van der Waals surface area contributed by atoms with E-state index in [2.05, 4.69) is 6.07 Å². The van der Waals surface area contributed by atoms with E-state index in [0.717, 1.165) is 12.8 Å². The van der Waals surface area contributed by atoms with Crippen LogP contribution < -0.4 is 0 Å². The van der Waals surface area contributed by atoms with Gasteiger partial charge in [0.15, 0.2) is 0 Å². The van der Waals surface area contributed by atoms with Gasteiger partial charge in [0.05, 0.1) is 0 Å². The van der Waals surface area contributed by atoms with Crippen molar-refractivity contribution in [3.05, 3.63) is 34.6 Å². The Morgan fingerprint density at radius 2 is 2.00 bits per heavy atom. The van der Waals surface area contributed by atoms with Crippen molar-refractivity contribution in [2.75, 3.05) is 0 Å². The van der Waals surface area contributed by atoms with E-state index in [4.69, 9.17) is 11.6 Å². The second-order valence-corrected chi connectivity index (χ2v) is 4.30. The van der Waals surface area contributed by atoms with Crippen LogP contribution in [0.15, 0.2) is 12.1 Å². The summed E-state index contributed by atoms with van der Waals surface area (Å²) in [6.07, 6.45) is 5.78. The molecule has 0 atom stereocenters. The fourth-order valence-electron chi connectivity index (χ4n) is 2.23. The Morgan fingerprint density at radius 3 is 2.64 bits per heavy atom. The lowest BCUT2D eigenvalue weighted by Crippen LogP contribution is -2.07. The average Bonchev–Trinajstić information content (AvgIpc) is 2.19. The topological polar surface area (TPSA) is 0 Å². The Hall–Kier alpha value is -0.560. The van der Waals surface area contributed by atoms with E-state index < -0.39 is 0 Å². The van der Waals surface area contributed by atoms with Crippen LogP contribution >= 0.6 is 11.6 Å². The lowest BCUT2D eigenvalue weighted by molar-refractivity contribution is 0.429. The summed E-state index contributed by atoms with van der Waals surface area (Å²) in [4.78, 5) is 0. The van der Waals surface area contributed by atoms with Gasteiger partial charge in [-0.25, -0.2) is 4.39 Å². The average molecular weight is 212 g/mol. The zero-order chi connectivity index (χ0) is 9.97. The van der Waals surface area contributed by atoms with Crippen LogP contribution in [-0.4, -0.2) is 0 Å². The zero-order valence-corrected chi connectivity index (χ0v) is 8.78. The van der Waals surface area contributed by atoms with Crippen LogP contribution in [0.4, 0.5) is 4.39 Å². The minimum absolute atomic E-state index is 0.260. The molecule has 75 valence electrons. The first-order valence-electron chi connectivity index (χ1n) is 5.14. The Balaban J connectivity index is 2.29. The molecule has 2 rings (SSSR count). The van der Waals surface area contributed by atoms with E-state index in [1.54, 1.807) is 12.1 Å². The predicted molar refractivity (Wildman–Crippen MR) is 56.1 cm³/mol. The summed E-state index contributed by atoms with van der Waals surface area (Å²) in [6, 6.07) is 5.86. The first kappa shape index (κ1) is 9.97. The molecule has 0 aromatic heterocycles. The van der Waals surface area contributed by atoms with Crippen LogP contribution in [0.1, 0.15) is 43.6 Å². The van der Waals surface area contributed by atoms with Gasteiger partial charge in [-0.15, -0.1) is 0 Å². The second kappa shape index (κ2) is 4.31. The van der Waals surface area contributed by atoms with E-state index in [1.165, 1.54) is 19.3 Å². The van der Waals surface area contributed by atoms with Gasteiger partial charge in [0.25, 0.3) is 0 Å². The SMILES string of the molecule is Fc1[c]ccc(Cl)c1C1CCCCC1. The minimum Gasteiger partial charge on any atom is -0.206 e. The van der Waals surface area contributed by atoms with Crippen molar-refractivity contribution in [3.8, 4) is 0 Å². The lowest BCUT2D eigenvalue weighted by Gasteiger charge is -2.23. The van der Waals surface area contributed by atoms with Crippen LogP contribution in [-0.2, 0) is 0 Å². The molecule has 0 heterocycles. The highest BCUT2D eigenvalue weighted by atomic mass is 35.5. The Morgan fingerprint density at radius 1 is 1.29 bits per heavy atom. The first-order valence-corrected chi connectivity index (χ1v) is 5.52. The fourth-order valence-corrected chi connectivity index (χ4v) is 2.53. The molecular formula is C12H13ClF.